The molecule has 0 radical (unpaired) electrons. The van der Waals surface area contributed by atoms with Gasteiger partial charge in [0.15, 0.2) is 0 Å². The summed E-state index contributed by atoms with van der Waals surface area (Å²) in [5.41, 5.74) is 2.53. The molecule has 1 heteroatoms. The molecule has 0 bridgehead atoms. The first-order valence-electron chi connectivity index (χ1n) is 8.83. The molecular weight excluding hydrogens is 256 g/mol. The SMILES string of the molecule is CCCCCCCCCc1ccc(O)c(C(C)(C)CC)c1. The molecule has 0 heterocycles. The molecule has 0 fully saturated rings. The largest absolute Gasteiger partial charge is 0.508 e. The Bertz CT molecular complexity index is 406. The molecular formula is C20H34O. The number of benzene rings is 1. The zero-order valence-electron chi connectivity index (χ0n) is 14.5. The number of hydrogen-bond donors (Lipinski definition) is 1. The van der Waals surface area contributed by atoms with Crippen LogP contribution in [-0.4, -0.2) is 5.11 Å². The summed E-state index contributed by atoms with van der Waals surface area (Å²) in [5, 5.41) is 10.1. The number of unbranched alkanes of at least 4 members (excludes halogenated alkanes) is 6. The highest BCUT2D eigenvalue weighted by molar-refractivity contribution is 5.41. The van der Waals surface area contributed by atoms with Crippen LogP contribution in [0.2, 0.25) is 0 Å². The molecule has 1 aromatic rings. The van der Waals surface area contributed by atoms with Crippen molar-refractivity contribution in [2.75, 3.05) is 0 Å². The Hall–Kier alpha value is -0.980. The highest BCUT2D eigenvalue weighted by Gasteiger charge is 2.21. The van der Waals surface area contributed by atoms with Gasteiger partial charge in [-0.3, -0.25) is 0 Å². The Morgan fingerprint density at radius 3 is 2.14 bits per heavy atom. The predicted octanol–water partition coefficient (Wildman–Crippen LogP) is 6.37. The van der Waals surface area contributed by atoms with Gasteiger partial charge < -0.3 is 5.11 Å². The smallest absolute Gasteiger partial charge is 0.119 e. The fourth-order valence-electron chi connectivity index (χ4n) is 2.76. The van der Waals surface area contributed by atoms with E-state index in [2.05, 4.69) is 39.8 Å². The second kappa shape index (κ2) is 9.12. The van der Waals surface area contributed by atoms with Gasteiger partial charge in [0.05, 0.1) is 0 Å². The Morgan fingerprint density at radius 1 is 0.905 bits per heavy atom. The van der Waals surface area contributed by atoms with Gasteiger partial charge in [-0.15, -0.1) is 0 Å². The van der Waals surface area contributed by atoms with Crippen LogP contribution in [0.15, 0.2) is 18.2 Å². The van der Waals surface area contributed by atoms with E-state index in [4.69, 9.17) is 0 Å². The van der Waals surface area contributed by atoms with Crippen molar-refractivity contribution < 1.29 is 5.11 Å². The van der Waals surface area contributed by atoms with Crippen molar-refractivity contribution in [2.45, 2.75) is 90.9 Å². The number of phenols is 1. The standard InChI is InChI=1S/C20H34O/c1-5-7-8-9-10-11-12-13-17-14-15-19(21)18(16-17)20(3,4)6-2/h14-16,21H,5-13H2,1-4H3. The van der Waals surface area contributed by atoms with Gasteiger partial charge in [0.25, 0.3) is 0 Å². The van der Waals surface area contributed by atoms with Crippen LogP contribution in [0.4, 0.5) is 0 Å². The van der Waals surface area contributed by atoms with Crippen LogP contribution in [0.5, 0.6) is 5.75 Å². The summed E-state index contributed by atoms with van der Waals surface area (Å²) in [6.07, 6.45) is 11.6. The van der Waals surface area contributed by atoms with E-state index in [1.54, 1.807) is 0 Å². The van der Waals surface area contributed by atoms with E-state index in [1.807, 2.05) is 6.07 Å². The minimum absolute atomic E-state index is 0.0558. The molecule has 0 saturated heterocycles. The van der Waals surface area contributed by atoms with Crippen LogP contribution in [0.1, 0.15) is 90.2 Å². The third kappa shape index (κ3) is 6.11. The summed E-state index contributed by atoms with van der Waals surface area (Å²) < 4.78 is 0. The molecule has 0 aromatic heterocycles. The van der Waals surface area contributed by atoms with E-state index >= 15 is 0 Å². The maximum atomic E-state index is 10.1. The first-order valence-corrected chi connectivity index (χ1v) is 8.83. The molecule has 0 aliphatic heterocycles. The molecule has 0 aliphatic carbocycles. The minimum Gasteiger partial charge on any atom is -0.508 e. The highest BCUT2D eigenvalue weighted by atomic mass is 16.3. The molecule has 1 rings (SSSR count). The summed E-state index contributed by atoms with van der Waals surface area (Å²) >= 11 is 0. The molecule has 0 aliphatic rings. The van der Waals surface area contributed by atoms with Crippen molar-refractivity contribution in [1.29, 1.82) is 0 Å². The van der Waals surface area contributed by atoms with Crippen LogP contribution >= 0.6 is 0 Å². The molecule has 0 atom stereocenters. The van der Waals surface area contributed by atoms with Gasteiger partial charge in [0, 0.05) is 0 Å². The predicted molar refractivity (Wildman–Crippen MR) is 93.1 cm³/mol. The number of aryl methyl sites for hydroxylation is 1. The summed E-state index contributed by atoms with van der Waals surface area (Å²) in [5.74, 6) is 0.449. The van der Waals surface area contributed by atoms with Crippen LogP contribution in [-0.2, 0) is 11.8 Å². The number of rotatable bonds is 10. The Labute approximate surface area is 131 Å². The van der Waals surface area contributed by atoms with Gasteiger partial charge in [-0.2, -0.15) is 0 Å². The van der Waals surface area contributed by atoms with Crippen molar-refractivity contribution in [3.8, 4) is 5.75 Å². The molecule has 120 valence electrons. The number of aromatic hydroxyl groups is 1. The lowest BCUT2D eigenvalue weighted by atomic mass is 9.80. The second-order valence-corrected chi connectivity index (χ2v) is 6.96. The van der Waals surface area contributed by atoms with Crippen molar-refractivity contribution >= 4 is 0 Å². The molecule has 0 amide bonds. The van der Waals surface area contributed by atoms with E-state index in [0.717, 1.165) is 18.4 Å². The van der Waals surface area contributed by atoms with Gasteiger partial charge in [0.1, 0.15) is 5.75 Å². The van der Waals surface area contributed by atoms with Gasteiger partial charge in [-0.1, -0.05) is 78.4 Å². The molecule has 0 spiro atoms. The van der Waals surface area contributed by atoms with Crippen LogP contribution < -0.4 is 0 Å². The number of hydrogen-bond acceptors (Lipinski definition) is 1. The molecule has 21 heavy (non-hydrogen) atoms. The first kappa shape index (κ1) is 18.1. The molecule has 1 N–H and O–H groups in total. The third-order valence-electron chi connectivity index (χ3n) is 4.74. The fourth-order valence-corrected chi connectivity index (χ4v) is 2.76. The lowest BCUT2D eigenvalue weighted by molar-refractivity contribution is 0.428. The quantitative estimate of drug-likeness (QED) is 0.496. The van der Waals surface area contributed by atoms with Crippen molar-refractivity contribution in [2.24, 2.45) is 0 Å². The summed E-state index contributed by atoms with van der Waals surface area (Å²) in [6, 6.07) is 6.18. The van der Waals surface area contributed by atoms with Crippen LogP contribution in [0, 0.1) is 0 Å². The van der Waals surface area contributed by atoms with E-state index in [9.17, 15) is 5.11 Å². The van der Waals surface area contributed by atoms with Crippen molar-refractivity contribution in [1.82, 2.24) is 0 Å². The summed E-state index contributed by atoms with van der Waals surface area (Å²) in [7, 11) is 0. The normalized spacial score (nSPS) is 11.8. The van der Waals surface area contributed by atoms with Crippen molar-refractivity contribution in [3.05, 3.63) is 29.3 Å². The van der Waals surface area contributed by atoms with Crippen molar-refractivity contribution in [3.63, 3.8) is 0 Å². The minimum atomic E-state index is 0.0558. The van der Waals surface area contributed by atoms with E-state index in [-0.39, 0.29) is 5.41 Å². The van der Waals surface area contributed by atoms with Gasteiger partial charge in [0.2, 0.25) is 0 Å². The van der Waals surface area contributed by atoms with E-state index in [1.165, 1.54) is 50.5 Å². The van der Waals surface area contributed by atoms with E-state index in [0.29, 0.717) is 5.75 Å². The first-order chi connectivity index (χ1) is 10.0. The Morgan fingerprint density at radius 2 is 1.52 bits per heavy atom. The second-order valence-electron chi connectivity index (χ2n) is 6.96. The Balaban J connectivity index is 2.44. The Kier molecular flexibility index (Phi) is 7.85. The maximum absolute atomic E-state index is 10.1. The third-order valence-corrected chi connectivity index (χ3v) is 4.74. The van der Waals surface area contributed by atoms with E-state index < -0.39 is 0 Å². The average Bonchev–Trinajstić information content (AvgIpc) is 2.47. The monoisotopic (exact) mass is 290 g/mol. The molecule has 1 aromatic carbocycles. The lowest BCUT2D eigenvalue weighted by Gasteiger charge is -2.25. The van der Waals surface area contributed by atoms with Crippen LogP contribution in [0.3, 0.4) is 0 Å². The van der Waals surface area contributed by atoms with Gasteiger partial charge in [-0.05, 0) is 41.9 Å². The van der Waals surface area contributed by atoms with Crippen LogP contribution in [0.25, 0.3) is 0 Å². The van der Waals surface area contributed by atoms with Gasteiger partial charge in [-0.25, -0.2) is 0 Å². The summed E-state index contributed by atoms with van der Waals surface area (Å²) in [6.45, 7) is 8.86. The zero-order chi connectivity index (χ0) is 15.7. The highest BCUT2D eigenvalue weighted by Crippen LogP contribution is 2.34. The van der Waals surface area contributed by atoms with Gasteiger partial charge >= 0.3 is 0 Å². The lowest BCUT2D eigenvalue weighted by Crippen LogP contribution is -2.16. The molecule has 0 saturated carbocycles. The zero-order valence-corrected chi connectivity index (χ0v) is 14.5. The molecule has 0 unspecified atom stereocenters. The number of phenolic OH excluding ortho intramolecular Hbond substituents is 1. The topological polar surface area (TPSA) is 20.2 Å². The average molecular weight is 290 g/mol. The summed E-state index contributed by atoms with van der Waals surface area (Å²) in [4.78, 5) is 0. The fraction of sp³-hybridized carbons (Fsp3) is 0.700. The molecule has 1 nitrogen and oxygen atoms in total. The maximum Gasteiger partial charge on any atom is 0.119 e.